The third kappa shape index (κ3) is 7.78. The van der Waals surface area contributed by atoms with Gasteiger partial charge in [-0.1, -0.05) is 74.5 Å². The highest BCUT2D eigenvalue weighted by Gasteiger charge is 2.33. The molecule has 0 N–H and O–H groups in total. The van der Waals surface area contributed by atoms with Crippen molar-refractivity contribution in [1.29, 1.82) is 0 Å². The van der Waals surface area contributed by atoms with Crippen LogP contribution in [0.2, 0.25) is 0 Å². The summed E-state index contributed by atoms with van der Waals surface area (Å²) in [5.41, 5.74) is 2.91. The molecule has 2 heterocycles. The molecular weight excluding hydrogens is 604 g/mol. The van der Waals surface area contributed by atoms with Gasteiger partial charge >= 0.3 is 18.4 Å². The molecule has 2 aliphatic rings. The minimum absolute atomic E-state index is 0.0419. The Balaban J connectivity index is 1.21. The van der Waals surface area contributed by atoms with Crippen molar-refractivity contribution in [3.05, 3.63) is 107 Å². The van der Waals surface area contributed by atoms with Crippen LogP contribution < -0.4 is 28.4 Å². The van der Waals surface area contributed by atoms with Crippen LogP contribution in [0.3, 0.4) is 0 Å². The lowest BCUT2D eigenvalue weighted by molar-refractivity contribution is -0.174. The first-order valence-electron chi connectivity index (χ1n) is 15.5. The molecule has 0 spiro atoms. The summed E-state index contributed by atoms with van der Waals surface area (Å²) in [5.74, 6) is 0.637. The predicted molar refractivity (Wildman–Crippen MR) is 170 cm³/mol. The second-order valence-electron chi connectivity index (χ2n) is 11.3. The molecule has 2 atom stereocenters. The molecule has 0 bridgehead atoms. The van der Waals surface area contributed by atoms with E-state index in [0.717, 1.165) is 16.7 Å². The van der Waals surface area contributed by atoms with Crippen molar-refractivity contribution in [3.63, 3.8) is 0 Å². The van der Waals surface area contributed by atoms with Crippen molar-refractivity contribution < 1.29 is 47.5 Å². The van der Waals surface area contributed by atoms with Gasteiger partial charge in [0.25, 0.3) is 0 Å². The van der Waals surface area contributed by atoms with Gasteiger partial charge in [-0.3, -0.25) is 4.79 Å². The maximum Gasteiger partial charge on any atom is 0.361 e. The van der Waals surface area contributed by atoms with Crippen molar-refractivity contribution in [2.75, 3.05) is 13.2 Å². The zero-order valence-electron chi connectivity index (χ0n) is 26.4. The number of carbonyl (C=O) groups excluding carboxylic acids is 2. The maximum absolute atomic E-state index is 13.5. The molecular formula is C37H36O10. The Hall–Kier alpha value is -5.22. The molecule has 47 heavy (non-hydrogen) atoms. The van der Waals surface area contributed by atoms with Crippen LogP contribution in [0.25, 0.3) is 0 Å². The molecule has 0 saturated carbocycles. The maximum atomic E-state index is 13.5. The van der Waals surface area contributed by atoms with Gasteiger partial charge in [-0.15, -0.1) is 0 Å². The van der Waals surface area contributed by atoms with Crippen molar-refractivity contribution in [3.8, 4) is 34.5 Å². The van der Waals surface area contributed by atoms with E-state index in [4.69, 9.17) is 37.9 Å². The van der Waals surface area contributed by atoms with Gasteiger partial charge in [-0.05, 0) is 30.2 Å². The zero-order valence-corrected chi connectivity index (χ0v) is 26.4. The SMILES string of the molecule is CCOC1Oc2cc(C(=O)O[C@H]3COc4cc(OCc5ccccc5)cc(OCc5ccccc5)c4C3)cc(OC(=O)C(C)C)c2O1. The van der Waals surface area contributed by atoms with Gasteiger partial charge in [0.05, 0.1) is 18.1 Å². The zero-order chi connectivity index (χ0) is 32.8. The summed E-state index contributed by atoms with van der Waals surface area (Å²) < 4.78 is 46.8. The van der Waals surface area contributed by atoms with Gasteiger partial charge in [0, 0.05) is 24.1 Å². The fourth-order valence-corrected chi connectivity index (χ4v) is 5.01. The predicted octanol–water partition coefficient (Wildman–Crippen LogP) is 6.66. The van der Waals surface area contributed by atoms with E-state index < -0.39 is 30.4 Å². The number of fused-ring (bicyclic) bond motifs is 2. The largest absolute Gasteiger partial charge is 0.489 e. The Morgan fingerprint density at radius 2 is 1.53 bits per heavy atom. The Bertz CT molecular complexity index is 1700. The molecule has 0 saturated heterocycles. The van der Waals surface area contributed by atoms with Crippen LogP contribution >= 0.6 is 0 Å². The van der Waals surface area contributed by atoms with Gasteiger partial charge in [0.1, 0.15) is 43.2 Å². The van der Waals surface area contributed by atoms with Crippen LogP contribution in [-0.4, -0.2) is 37.7 Å². The monoisotopic (exact) mass is 640 g/mol. The molecule has 244 valence electrons. The number of esters is 2. The average Bonchev–Trinajstić information content (AvgIpc) is 3.50. The van der Waals surface area contributed by atoms with Crippen molar-refractivity contribution >= 4 is 11.9 Å². The molecule has 4 aromatic rings. The second kappa shape index (κ2) is 14.5. The number of hydrogen-bond donors (Lipinski definition) is 0. The van der Waals surface area contributed by atoms with E-state index in [1.165, 1.54) is 12.1 Å². The van der Waals surface area contributed by atoms with E-state index >= 15 is 0 Å². The smallest absolute Gasteiger partial charge is 0.361 e. The van der Waals surface area contributed by atoms with E-state index in [0.29, 0.717) is 43.5 Å². The summed E-state index contributed by atoms with van der Waals surface area (Å²) >= 11 is 0. The summed E-state index contributed by atoms with van der Waals surface area (Å²) in [5, 5.41) is 0. The standard InChI is InChI=1S/C37H36O10/c1-4-40-37-46-33-16-26(15-32(34(33)47-37)45-35(38)23(2)3)36(39)44-28-17-29-30(42-21-25-13-9-6-10-14-25)18-27(19-31(29)43-22-28)41-20-24-11-7-5-8-12-24/h5-16,18-19,23,28,37H,4,17,20-22H2,1-3H3/t28-,37?/m1/s1. The summed E-state index contributed by atoms with van der Waals surface area (Å²) in [6.07, 6.45) is -0.288. The van der Waals surface area contributed by atoms with E-state index in [9.17, 15) is 9.59 Å². The molecule has 0 aliphatic carbocycles. The topological polar surface area (TPSA) is 108 Å². The summed E-state index contributed by atoms with van der Waals surface area (Å²) in [7, 11) is 0. The molecule has 0 amide bonds. The minimum atomic E-state index is -1.03. The Labute approximate surface area is 273 Å². The number of ether oxygens (including phenoxy) is 8. The van der Waals surface area contributed by atoms with Crippen LogP contribution in [0.15, 0.2) is 84.9 Å². The van der Waals surface area contributed by atoms with Crippen LogP contribution in [0.1, 0.15) is 47.8 Å². The fourth-order valence-electron chi connectivity index (χ4n) is 5.01. The van der Waals surface area contributed by atoms with Gasteiger partial charge in [0.2, 0.25) is 5.75 Å². The van der Waals surface area contributed by atoms with Crippen molar-refractivity contribution in [1.82, 2.24) is 0 Å². The van der Waals surface area contributed by atoms with E-state index in [2.05, 4.69) is 0 Å². The highest BCUT2D eigenvalue weighted by Crippen LogP contribution is 2.45. The second-order valence-corrected chi connectivity index (χ2v) is 11.3. The molecule has 4 aromatic carbocycles. The lowest BCUT2D eigenvalue weighted by Gasteiger charge is -2.27. The lowest BCUT2D eigenvalue weighted by atomic mass is 10.0. The summed E-state index contributed by atoms with van der Waals surface area (Å²) in [6, 6.07) is 26.2. The third-order valence-corrected chi connectivity index (χ3v) is 7.44. The Morgan fingerprint density at radius 3 is 2.21 bits per heavy atom. The highest BCUT2D eigenvalue weighted by molar-refractivity contribution is 5.92. The molecule has 6 rings (SSSR count). The summed E-state index contributed by atoms with van der Waals surface area (Å²) in [4.78, 5) is 25.9. The molecule has 10 nitrogen and oxygen atoms in total. The van der Waals surface area contributed by atoms with Crippen LogP contribution in [0.5, 0.6) is 34.5 Å². The first-order chi connectivity index (χ1) is 22.9. The number of rotatable bonds is 12. The number of benzene rings is 4. The summed E-state index contributed by atoms with van der Waals surface area (Å²) in [6.45, 7) is 5.33. The quantitative estimate of drug-likeness (QED) is 0.123. The van der Waals surface area contributed by atoms with Crippen LogP contribution in [0.4, 0.5) is 0 Å². The first-order valence-corrected chi connectivity index (χ1v) is 15.5. The minimum Gasteiger partial charge on any atom is -0.489 e. The molecule has 2 aliphatic heterocycles. The molecule has 0 radical (unpaired) electrons. The highest BCUT2D eigenvalue weighted by atomic mass is 16.9. The molecule has 10 heteroatoms. The molecule has 0 aromatic heterocycles. The normalized spacial score (nSPS) is 16.2. The van der Waals surface area contributed by atoms with Gasteiger partial charge < -0.3 is 37.9 Å². The van der Waals surface area contributed by atoms with Crippen molar-refractivity contribution in [2.24, 2.45) is 5.92 Å². The molecule has 0 fully saturated rings. The lowest BCUT2D eigenvalue weighted by Crippen LogP contribution is -2.31. The van der Waals surface area contributed by atoms with Gasteiger partial charge in [-0.25, -0.2) is 4.79 Å². The number of carbonyl (C=O) groups is 2. The van der Waals surface area contributed by atoms with Crippen LogP contribution in [-0.2, 0) is 33.9 Å². The third-order valence-electron chi connectivity index (χ3n) is 7.44. The van der Waals surface area contributed by atoms with Crippen molar-refractivity contribution in [2.45, 2.75) is 53.0 Å². The van der Waals surface area contributed by atoms with Crippen LogP contribution in [0, 0.1) is 5.92 Å². The van der Waals surface area contributed by atoms with E-state index in [-0.39, 0.29) is 29.4 Å². The molecule has 1 unspecified atom stereocenters. The number of hydrogen-bond acceptors (Lipinski definition) is 10. The first kappa shape index (κ1) is 31.7. The van der Waals surface area contributed by atoms with E-state index in [1.54, 1.807) is 20.8 Å². The van der Waals surface area contributed by atoms with Gasteiger partial charge in [0.15, 0.2) is 11.5 Å². The van der Waals surface area contributed by atoms with Gasteiger partial charge in [-0.2, -0.15) is 0 Å². The average molecular weight is 641 g/mol. The Kier molecular flexibility index (Phi) is 9.78. The van der Waals surface area contributed by atoms with E-state index in [1.807, 2.05) is 72.8 Å². The Morgan fingerprint density at radius 1 is 0.830 bits per heavy atom. The fraction of sp³-hybridized carbons (Fsp3) is 0.297.